The highest BCUT2D eigenvalue weighted by atomic mass is 32.2. The van der Waals surface area contributed by atoms with E-state index in [1.54, 1.807) is 7.11 Å². The molecule has 2 aromatic carbocycles. The Morgan fingerprint density at radius 2 is 1.96 bits per heavy atom. The first-order valence-electron chi connectivity index (χ1n) is 9.70. The quantitative estimate of drug-likeness (QED) is 0.599. The van der Waals surface area contributed by atoms with Crippen LogP contribution in [0.25, 0.3) is 22.8 Å². The highest BCUT2D eigenvalue weighted by Gasteiger charge is 2.31. The van der Waals surface area contributed by atoms with Crippen LogP contribution in [0, 0.1) is 6.92 Å². The second kappa shape index (κ2) is 8.47. The predicted molar refractivity (Wildman–Crippen MR) is 114 cm³/mol. The van der Waals surface area contributed by atoms with Crippen LogP contribution < -0.4 is 0 Å². The highest BCUT2D eigenvalue weighted by Crippen LogP contribution is 2.38. The average Bonchev–Trinajstić information content (AvgIpc) is 3.33. The summed E-state index contributed by atoms with van der Waals surface area (Å²) in [4.78, 5) is 5.95. The number of ether oxygens (including phenoxy) is 1. The molecule has 1 N–H and O–H groups in total. The number of aryl methyl sites for hydroxylation is 1. The van der Waals surface area contributed by atoms with Crippen LogP contribution in [-0.2, 0) is 4.74 Å². The summed E-state index contributed by atoms with van der Waals surface area (Å²) in [5.74, 6) is 1.52. The van der Waals surface area contributed by atoms with Crippen molar-refractivity contribution < 1.29 is 4.74 Å². The molecule has 0 radical (unpaired) electrons. The largest absolute Gasteiger partial charge is 0.383 e. The smallest absolute Gasteiger partial charge is 0.181 e. The maximum absolute atomic E-state index is 5.43. The Morgan fingerprint density at radius 1 is 1.14 bits per heavy atom. The van der Waals surface area contributed by atoms with Gasteiger partial charge in [0.1, 0.15) is 0 Å². The molecular formula is C22H26N4OS. The van der Waals surface area contributed by atoms with Gasteiger partial charge in [-0.25, -0.2) is 9.29 Å². The first kappa shape index (κ1) is 19.2. The summed E-state index contributed by atoms with van der Waals surface area (Å²) < 4.78 is 7.92. The molecule has 1 aliphatic rings. The van der Waals surface area contributed by atoms with Crippen molar-refractivity contribution in [3.8, 4) is 22.8 Å². The fraction of sp³-hybridized carbons (Fsp3) is 0.364. The lowest BCUT2D eigenvalue weighted by molar-refractivity contribution is 0.147. The van der Waals surface area contributed by atoms with E-state index in [2.05, 4.69) is 46.5 Å². The topological polar surface area (TPSA) is 54.0 Å². The van der Waals surface area contributed by atoms with E-state index in [9.17, 15) is 0 Å². The number of hydrogen-bond donors (Lipinski definition) is 1. The maximum atomic E-state index is 5.43. The lowest BCUT2D eigenvalue weighted by atomic mass is 10.1. The second-order valence-electron chi connectivity index (χ2n) is 7.34. The lowest BCUT2D eigenvalue weighted by Crippen LogP contribution is -2.31. The lowest BCUT2D eigenvalue weighted by Gasteiger charge is -2.27. The highest BCUT2D eigenvalue weighted by molar-refractivity contribution is 7.97. The van der Waals surface area contributed by atoms with Crippen LogP contribution in [0.15, 0.2) is 53.4 Å². The van der Waals surface area contributed by atoms with Crippen molar-refractivity contribution in [2.24, 2.45) is 0 Å². The van der Waals surface area contributed by atoms with Gasteiger partial charge in [0, 0.05) is 35.2 Å². The number of nitrogens with zero attached hydrogens (tertiary/aromatic N) is 3. The number of rotatable bonds is 6. The number of aromatic amines is 1. The molecule has 4 rings (SSSR count). The summed E-state index contributed by atoms with van der Waals surface area (Å²) in [5, 5.41) is 7.51. The van der Waals surface area contributed by atoms with E-state index in [0.29, 0.717) is 12.1 Å². The molecule has 5 nitrogen and oxygen atoms in total. The van der Waals surface area contributed by atoms with E-state index >= 15 is 0 Å². The van der Waals surface area contributed by atoms with Gasteiger partial charge >= 0.3 is 0 Å². The van der Waals surface area contributed by atoms with Crippen LogP contribution in [0.2, 0.25) is 0 Å². The van der Waals surface area contributed by atoms with Gasteiger partial charge in [0.2, 0.25) is 0 Å². The van der Waals surface area contributed by atoms with Crippen molar-refractivity contribution >= 4 is 11.9 Å². The van der Waals surface area contributed by atoms with E-state index in [-0.39, 0.29) is 0 Å². The fourth-order valence-corrected chi connectivity index (χ4v) is 4.85. The first-order valence-corrected chi connectivity index (χ1v) is 10.5. The van der Waals surface area contributed by atoms with Crippen LogP contribution in [0.5, 0.6) is 0 Å². The molecule has 2 heterocycles. The molecule has 1 aliphatic heterocycles. The molecule has 0 aliphatic carbocycles. The zero-order valence-electron chi connectivity index (χ0n) is 16.6. The molecule has 146 valence electrons. The first-order chi connectivity index (χ1) is 13.7. The van der Waals surface area contributed by atoms with Gasteiger partial charge in [-0.05, 0) is 50.3 Å². The molecule has 2 unspecified atom stereocenters. The summed E-state index contributed by atoms with van der Waals surface area (Å²) in [5.41, 5.74) is 3.33. The molecule has 1 saturated heterocycles. The molecular weight excluding hydrogens is 368 g/mol. The number of hydrogen-bond acceptors (Lipinski definition) is 5. The van der Waals surface area contributed by atoms with E-state index in [1.807, 2.05) is 42.3 Å². The standard InChI is InChI=1S/C22H26N4OS/c1-15-9-11-18(22-23-21(24-25-22)17-7-5-4-6-8-17)13-20(15)28-26-16(2)10-12-19(26)14-27-3/h4-9,11,13,16,19H,10,12,14H2,1-3H3,(H,23,24,25). The number of methoxy groups -OCH3 is 1. The van der Waals surface area contributed by atoms with E-state index in [0.717, 1.165) is 29.4 Å². The van der Waals surface area contributed by atoms with Gasteiger partial charge < -0.3 is 4.74 Å². The molecule has 1 aromatic heterocycles. The van der Waals surface area contributed by atoms with Gasteiger partial charge in [0.05, 0.1) is 6.61 Å². The zero-order valence-corrected chi connectivity index (χ0v) is 17.4. The Hall–Kier alpha value is -2.15. The minimum absolute atomic E-state index is 0.459. The third kappa shape index (κ3) is 3.99. The number of nitrogens with one attached hydrogen (secondary N) is 1. The summed E-state index contributed by atoms with van der Waals surface area (Å²) in [6.45, 7) is 5.23. The van der Waals surface area contributed by atoms with Crippen molar-refractivity contribution in [2.75, 3.05) is 13.7 Å². The monoisotopic (exact) mass is 394 g/mol. The maximum Gasteiger partial charge on any atom is 0.181 e. The molecule has 6 heteroatoms. The molecule has 3 aromatic rings. The Balaban J connectivity index is 1.58. The second-order valence-corrected chi connectivity index (χ2v) is 8.38. The summed E-state index contributed by atoms with van der Waals surface area (Å²) in [7, 11) is 1.78. The van der Waals surface area contributed by atoms with Crippen LogP contribution in [0.1, 0.15) is 25.3 Å². The number of aromatic nitrogens is 3. The van der Waals surface area contributed by atoms with Gasteiger partial charge in [-0.1, -0.05) is 42.5 Å². The van der Waals surface area contributed by atoms with E-state index in [1.165, 1.54) is 23.3 Å². The zero-order chi connectivity index (χ0) is 19.5. The third-order valence-corrected chi connectivity index (χ3v) is 6.76. The average molecular weight is 395 g/mol. The normalized spacial score (nSPS) is 20.0. The number of benzene rings is 2. The van der Waals surface area contributed by atoms with Crippen LogP contribution in [0.3, 0.4) is 0 Å². The summed E-state index contributed by atoms with van der Waals surface area (Å²) >= 11 is 1.83. The van der Waals surface area contributed by atoms with Crippen LogP contribution in [-0.4, -0.2) is 45.3 Å². The van der Waals surface area contributed by atoms with Gasteiger partial charge in [0.15, 0.2) is 11.6 Å². The van der Waals surface area contributed by atoms with Gasteiger partial charge in [-0.15, -0.1) is 0 Å². The molecule has 2 atom stereocenters. The Kier molecular flexibility index (Phi) is 5.80. The third-order valence-electron chi connectivity index (χ3n) is 5.25. The molecule has 28 heavy (non-hydrogen) atoms. The van der Waals surface area contributed by atoms with Crippen molar-refractivity contribution in [1.82, 2.24) is 19.5 Å². The van der Waals surface area contributed by atoms with Crippen molar-refractivity contribution in [3.63, 3.8) is 0 Å². The van der Waals surface area contributed by atoms with Crippen molar-refractivity contribution in [2.45, 2.75) is 43.7 Å². The Bertz CT molecular complexity index is 925. The molecule has 0 amide bonds. The van der Waals surface area contributed by atoms with Gasteiger partial charge in [-0.3, -0.25) is 5.10 Å². The number of H-pyrrole nitrogens is 1. The van der Waals surface area contributed by atoms with Gasteiger partial charge in [-0.2, -0.15) is 5.10 Å². The van der Waals surface area contributed by atoms with Crippen molar-refractivity contribution in [1.29, 1.82) is 0 Å². The van der Waals surface area contributed by atoms with E-state index in [4.69, 9.17) is 9.72 Å². The summed E-state index contributed by atoms with van der Waals surface area (Å²) in [6.07, 6.45) is 2.39. The Morgan fingerprint density at radius 3 is 2.75 bits per heavy atom. The summed E-state index contributed by atoms with van der Waals surface area (Å²) in [6, 6.07) is 17.5. The SMILES string of the molecule is COCC1CCC(C)N1Sc1cc(-c2n[nH]c(-c3ccccc3)n2)ccc1C. The van der Waals surface area contributed by atoms with Crippen molar-refractivity contribution in [3.05, 3.63) is 54.1 Å². The molecule has 0 bridgehead atoms. The van der Waals surface area contributed by atoms with E-state index < -0.39 is 0 Å². The fourth-order valence-electron chi connectivity index (χ4n) is 3.63. The molecule has 0 saturated carbocycles. The van der Waals surface area contributed by atoms with Gasteiger partial charge in [0.25, 0.3) is 0 Å². The molecule has 1 fully saturated rings. The minimum Gasteiger partial charge on any atom is -0.383 e. The minimum atomic E-state index is 0.459. The van der Waals surface area contributed by atoms with Crippen LogP contribution in [0.4, 0.5) is 0 Å². The molecule has 0 spiro atoms. The van der Waals surface area contributed by atoms with Crippen LogP contribution >= 0.6 is 11.9 Å². The predicted octanol–water partition coefficient (Wildman–Crippen LogP) is 4.95. The Labute approximate surface area is 170 Å².